The zero-order valence-electron chi connectivity index (χ0n) is 10.8. The lowest BCUT2D eigenvalue weighted by molar-refractivity contribution is 0.393. The molecule has 0 N–H and O–H groups in total. The van der Waals surface area contributed by atoms with Gasteiger partial charge in [0.1, 0.15) is 5.76 Å². The van der Waals surface area contributed by atoms with Crippen LogP contribution in [-0.2, 0) is 6.54 Å². The van der Waals surface area contributed by atoms with Crippen LogP contribution in [0.2, 0.25) is 0 Å². The second-order valence-electron chi connectivity index (χ2n) is 4.64. The van der Waals surface area contributed by atoms with E-state index in [1.54, 1.807) is 0 Å². The van der Waals surface area contributed by atoms with Gasteiger partial charge in [-0.25, -0.2) is 0 Å². The molecule has 0 saturated carbocycles. The summed E-state index contributed by atoms with van der Waals surface area (Å²) in [6.07, 6.45) is 0. The highest BCUT2D eigenvalue weighted by molar-refractivity contribution is 5.68. The molecule has 90 valence electrons. The summed E-state index contributed by atoms with van der Waals surface area (Å²) in [7, 11) is 4.14. The van der Waals surface area contributed by atoms with Crippen molar-refractivity contribution in [1.29, 1.82) is 0 Å². The van der Waals surface area contributed by atoms with Gasteiger partial charge in [-0.05, 0) is 45.1 Å². The van der Waals surface area contributed by atoms with Gasteiger partial charge in [-0.1, -0.05) is 23.4 Å². The van der Waals surface area contributed by atoms with Gasteiger partial charge in [0.15, 0.2) is 0 Å². The second kappa shape index (κ2) is 4.72. The maximum Gasteiger partial charge on any atom is 0.141 e. The van der Waals surface area contributed by atoms with E-state index in [2.05, 4.69) is 48.4 Å². The van der Waals surface area contributed by atoms with E-state index in [9.17, 15) is 0 Å². The Morgan fingerprint density at radius 2 is 2.00 bits per heavy atom. The standard InChI is InChI=1S/C14H18N2O/c1-10-14(11(2)17-15-10)13-7-5-6-12(8-13)9-16(3)4/h5-8H,9H2,1-4H3. The normalized spacial score (nSPS) is 11.1. The molecule has 0 amide bonds. The summed E-state index contributed by atoms with van der Waals surface area (Å²) in [6.45, 7) is 4.87. The molecular formula is C14H18N2O. The van der Waals surface area contributed by atoms with Crippen LogP contribution in [0.4, 0.5) is 0 Å². The molecule has 3 heteroatoms. The van der Waals surface area contributed by atoms with E-state index < -0.39 is 0 Å². The molecule has 1 aromatic heterocycles. The second-order valence-corrected chi connectivity index (χ2v) is 4.64. The van der Waals surface area contributed by atoms with Crippen LogP contribution in [0.25, 0.3) is 11.1 Å². The zero-order chi connectivity index (χ0) is 12.4. The molecule has 0 aliphatic carbocycles. The van der Waals surface area contributed by atoms with Crippen LogP contribution < -0.4 is 0 Å². The SMILES string of the molecule is Cc1noc(C)c1-c1cccc(CN(C)C)c1. The minimum atomic E-state index is 0.879. The summed E-state index contributed by atoms with van der Waals surface area (Å²) in [6, 6.07) is 8.53. The van der Waals surface area contributed by atoms with Crippen molar-refractivity contribution in [2.75, 3.05) is 14.1 Å². The van der Waals surface area contributed by atoms with Gasteiger partial charge < -0.3 is 9.42 Å². The van der Waals surface area contributed by atoms with Gasteiger partial charge in [-0.2, -0.15) is 0 Å². The number of aromatic nitrogens is 1. The first-order valence-corrected chi connectivity index (χ1v) is 5.75. The van der Waals surface area contributed by atoms with Crippen molar-refractivity contribution in [3.63, 3.8) is 0 Å². The Balaban J connectivity index is 2.40. The van der Waals surface area contributed by atoms with Crippen LogP contribution >= 0.6 is 0 Å². The Morgan fingerprint density at radius 3 is 2.59 bits per heavy atom. The fourth-order valence-electron chi connectivity index (χ4n) is 2.09. The van der Waals surface area contributed by atoms with Gasteiger partial charge in [-0.3, -0.25) is 0 Å². The zero-order valence-corrected chi connectivity index (χ0v) is 10.8. The smallest absolute Gasteiger partial charge is 0.141 e. The topological polar surface area (TPSA) is 29.3 Å². The van der Waals surface area contributed by atoms with Gasteiger partial charge >= 0.3 is 0 Å². The van der Waals surface area contributed by atoms with E-state index >= 15 is 0 Å². The Kier molecular flexibility index (Phi) is 3.29. The van der Waals surface area contributed by atoms with Crippen LogP contribution in [0.5, 0.6) is 0 Å². The third-order valence-corrected chi connectivity index (χ3v) is 2.75. The van der Waals surface area contributed by atoms with E-state index in [4.69, 9.17) is 4.52 Å². The summed E-state index contributed by atoms with van der Waals surface area (Å²) < 4.78 is 5.21. The lowest BCUT2D eigenvalue weighted by Crippen LogP contribution is -2.10. The Morgan fingerprint density at radius 1 is 1.24 bits per heavy atom. The number of benzene rings is 1. The highest BCUT2D eigenvalue weighted by atomic mass is 16.5. The molecule has 0 bridgehead atoms. The van der Waals surface area contributed by atoms with Crippen molar-refractivity contribution in [3.8, 4) is 11.1 Å². The minimum absolute atomic E-state index is 0.879. The van der Waals surface area contributed by atoms with Crippen LogP contribution in [0.3, 0.4) is 0 Å². The Labute approximate surface area is 102 Å². The number of rotatable bonds is 3. The third-order valence-electron chi connectivity index (χ3n) is 2.75. The predicted molar refractivity (Wildman–Crippen MR) is 68.8 cm³/mol. The Hall–Kier alpha value is -1.61. The fraction of sp³-hybridized carbons (Fsp3) is 0.357. The molecule has 0 fully saturated rings. The summed E-state index contributed by atoms with van der Waals surface area (Å²) >= 11 is 0. The van der Waals surface area contributed by atoms with Gasteiger partial charge in [0.25, 0.3) is 0 Å². The largest absolute Gasteiger partial charge is 0.361 e. The van der Waals surface area contributed by atoms with Gasteiger partial charge in [0, 0.05) is 12.1 Å². The number of nitrogens with zero attached hydrogens (tertiary/aromatic N) is 2. The molecule has 0 aliphatic rings. The molecule has 0 aliphatic heterocycles. The summed E-state index contributed by atoms with van der Waals surface area (Å²) in [4.78, 5) is 2.16. The van der Waals surface area contributed by atoms with Crippen molar-refractivity contribution in [2.45, 2.75) is 20.4 Å². The average molecular weight is 230 g/mol. The molecule has 17 heavy (non-hydrogen) atoms. The molecule has 1 heterocycles. The highest BCUT2D eigenvalue weighted by Crippen LogP contribution is 2.27. The van der Waals surface area contributed by atoms with Gasteiger partial charge in [-0.15, -0.1) is 0 Å². The first-order chi connectivity index (χ1) is 8.08. The molecule has 1 aromatic carbocycles. The van der Waals surface area contributed by atoms with Crippen LogP contribution in [0.1, 0.15) is 17.0 Å². The molecule has 0 saturated heterocycles. The first-order valence-electron chi connectivity index (χ1n) is 5.75. The number of hydrogen-bond acceptors (Lipinski definition) is 3. The summed E-state index contributed by atoms with van der Waals surface area (Å²) in [5.41, 5.74) is 4.54. The van der Waals surface area contributed by atoms with E-state index in [0.717, 1.165) is 23.6 Å². The van der Waals surface area contributed by atoms with Crippen molar-refractivity contribution >= 4 is 0 Å². The number of hydrogen-bond donors (Lipinski definition) is 0. The minimum Gasteiger partial charge on any atom is -0.361 e. The van der Waals surface area contributed by atoms with Gasteiger partial charge in [0.2, 0.25) is 0 Å². The maximum atomic E-state index is 5.21. The lowest BCUT2D eigenvalue weighted by Gasteiger charge is -2.10. The molecule has 2 aromatic rings. The van der Waals surface area contributed by atoms with Crippen molar-refractivity contribution in [3.05, 3.63) is 41.3 Å². The molecule has 0 atom stereocenters. The van der Waals surface area contributed by atoms with Crippen molar-refractivity contribution < 1.29 is 4.52 Å². The highest BCUT2D eigenvalue weighted by Gasteiger charge is 2.11. The quantitative estimate of drug-likeness (QED) is 0.811. The van der Waals surface area contributed by atoms with E-state index in [-0.39, 0.29) is 0 Å². The van der Waals surface area contributed by atoms with Crippen LogP contribution in [0, 0.1) is 13.8 Å². The molecule has 3 nitrogen and oxygen atoms in total. The van der Waals surface area contributed by atoms with Crippen LogP contribution in [-0.4, -0.2) is 24.2 Å². The fourth-order valence-corrected chi connectivity index (χ4v) is 2.09. The van der Waals surface area contributed by atoms with E-state index in [1.807, 2.05) is 13.8 Å². The molecule has 0 spiro atoms. The van der Waals surface area contributed by atoms with Gasteiger partial charge in [0.05, 0.1) is 5.69 Å². The first kappa shape index (κ1) is 11.9. The predicted octanol–water partition coefficient (Wildman–Crippen LogP) is 3.02. The Bertz CT molecular complexity index is 495. The summed E-state index contributed by atoms with van der Waals surface area (Å²) in [5, 5.41) is 4.00. The monoisotopic (exact) mass is 230 g/mol. The molecular weight excluding hydrogens is 212 g/mol. The van der Waals surface area contributed by atoms with E-state index in [0.29, 0.717) is 0 Å². The number of aryl methyl sites for hydroxylation is 2. The summed E-state index contributed by atoms with van der Waals surface area (Å²) in [5.74, 6) is 0.879. The lowest BCUT2D eigenvalue weighted by atomic mass is 10.0. The third kappa shape index (κ3) is 2.56. The average Bonchev–Trinajstić information content (AvgIpc) is 2.58. The molecule has 2 rings (SSSR count). The van der Waals surface area contributed by atoms with Crippen molar-refractivity contribution in [1.82, 2.24) is 10.1 Å². The molecule has 0 unspecified atom stereocenters. The van der Waals surface area contributed by atoms with Crippen molar-refractivity contribution in [2.24, 2.45) is 0 Å². The maximum absolute atomic E-state index is 5.21. The van der Waals surface area contributed by atoms with E-state index in [1.165, 1.54) is 11.1 Å². The molecule has 0 radical (unpaired) electrons. The van der Waals surface area contributed by atoms with Crippen LogP contribution in [0.15, 0.2) is 28.8 Å².